The van der Waals surface area contributed by atoms with E-state index in [1.165, 1.54) is 0 Å². The maximum atomic E-state index is 5.11. The van der Waals surface area contributed by atoms with Crippen LogP contribution in [0.1, 0.15) is 5.82 Å². The van der Waals surface area contributed by atoms with Crippen molar-refractivity contribution in [3.8, 4) is 0 Å². The summed E-state index contributed by atoms with van der Waals surface area (Å²) < 4.78 is 6.90. The van der Waals surface area contributed by atoms with Gasteiger partial charge in [0.05, 0.1) is 6.61 Å². The standard InChI is InChI=1S/C13H20N6O/c1-10-14-15-12-4-5-13(16-19(10)12)18-8-11(9-18)17(2)6-7-20-3/h4-5,11H,6-9H2,1-3H3. The zero-order chi connectivity index (χ0) is 14.1. The van der Waals surface area contributed by atoms with Crippen LogP contribution in [0.5, 0.6) is 0 Å². The molecule has 3 rings (SSSR count). The molecule has 0 bridgehead atoms. The Kier molecular flexibility index (Phi) is 3.54. The van der Waals surface area contributed by atoms with Crippen molar-refractivity contribution in [1.29, 1.82) is 0 Å². The molecule has 0 N–H and O–H groups in total. The Hall–Kier alpha value is -1.73. The molecule has 3 heterocycles. The molecule has 0 amide bonds. The van der Waals surface area contributed by atoms with E-state index in [-0.39, 0.29) is 0 Å². The summed E-state index contributed by atoms with van der Waals surface area (Å²) in [5, 5.41) is 12.7. The summed E-state index contributed by atoms with van der Waals surface area (Å²) in [6.45, 7) is 5.65. The molecule has 7 heteroatoms. The third-order valence-corrected chi connectivity index (χ3v) is 3.86. The van der Waals surface area contributed by atoms with Gasteiger partial charge in [-0.2, -0.15) is 4.52 Å². The summed E-state index contributed by atoms with van der Waals surface area (Å²) in [5.74, 6) is 1.80. The van der Waals surface area contributed by atoms with Crippen LogP contribution in [0.2, 0.25) is 0 Å². The summed E-state index contributed by atoms with van der Waals surface area (Å²) >= 11 is 0. The van der Waals surface area contributed by atoms with Crippen LogP contribution >= 0.6 is 0 Å². The van der Waals surface area contributed by atoms with E-state index >= 15 is 0 Å². The van der Waals surface area contributed by atoms with Crippen LogP contribution in [0.15, 0.2) is 12.1 Å². The van der Waals surface area contributed by atoms with Crippen LogP contribution < -0.4 is 4.90 Å². The average molecular weight is 276 g/mol. The molecule has 2 aromatic heterocycles. The molecule has 0 spiro atoms. The summed E-state index contributed by atoms with van der Waals surface area (Å²) in [6, 6.07) is 4.55. The second-order valence-corrected chi connectivity index (χ2v) is 5.24. The molecule has 1 saturated heterocycles. The maximum absolute atomic E-state index is 5.11. The molecular formula is C13H20N6O. The third-order valence-electron chi connectivity index (χ3n) is 3.86. The quantitative estimate of drug-likeness (QED) is 0.777. The molecule has 2 aromatic rings. The van der Waals surface area contributed by atoms with Crippen LogP contribution in [0.4, 0.5) is 5.82 Å². The molecule has 7 nitrogen and oxygen atoms in total. The van der Waals surface area contributed by atoms with Crippen molar-refractivity contribution in [2.45, 2.75) is 13.0 Å². The molecule has 0 radical (unpaired) electrons. The van der Waals surface area contributed by atoms with Gasteiger partial charge in [0.15, 0.2) is 11.5 Å². The summed E-state index contributed by atoms with van der Waals surface area (Å²) in [5.41, 5.74) is 0.792. The van der Waals surface area contributed by atoms with Crippen LogP contribution in [-0.4, -0.2) is 71.2 Å². The van der Waals surface area contributed by atoms with Gasteiger partial charge in [-0.05, 0) is 26.1 Å². The normalized spacial score (nSPS) is 16.1. The van der Waals surface area contributed by atoms with Gasteiger partial charge in [-0.25, -0.2) is 0 Å². The highest BCUT2D eigenvalue weighted by molar-refractivity contribution is 5.47. The molecule has 1 aliphatic heterocycles. The van der Waals surface area contributed by atoms with E-state index in [0.717, 1.165) is 43.5 Å². The van der Waals surface area contributed by atoms with Crippen molar-refractivity contribution in [1.82, 2.24) is 24.7 Å². The van der Waals surface area contributed by atoms with E-state index in [4.69, 9.17) is 4.74 Å². The monoisotopic (exact) mass is 276 g/mol. The zero-order valence-corrected chi connectivity index (χ0v) is 12.2. The Bertz CT molecular complexity index is 592. The molecule has 0 atom stereocenters. The van der Waals surface area contributed by atoms with Crippen molar-refractivity contribution >= 4 is 11.5 Å². The van der Waals surface area contributed by atoms with Crippen molar-refractivity contribution in [3.05, 3.63) is 18.0 Å². The second kappa shape index (κ2) is 5.34. The van der Waals surface area contributed by atoms with E-state index in [0.29, 0.717) is 6.04 Å². The number of aryl methyl sites for hydroxylation is 1. The Labute approximate surface area is 118 Å². The number of hydrogen-bond acceptors (Lipinski definition) is 6. The fourth-order valence-electron chi connectivity index (χ4n) is 2.39. The Morgan fingerprint density at radius 3 is 2.90 bits per heavy atom. The fraction of sp³-hybridized carbons (Fsp3) is 0.615. The maximum Gasteiger partial charge on any atom is 0.178 e. The SMILES string of the molecule is COCCN(C)C1CN(c2ccc3nnc(C)n3n2)C1. The molecule has 0 aliphatic carbocycles. The minimum absolute atomic E-state index is 0.574. The first-order valence-electron chi connectivity index (χ1n) is 6.82. The Morgan fingerprint density at radius 1 is 1.35 bits per heavy atom. The zero-order valence-electron chi connectivity index (χ0n) is 12.2. The summed E-state index contributed by atoms with van der Waals surface area (Å²) in [7, 11) is 3.88. The minimum Gasteiger partial charge on any atom is -0.383 e. The topological polar surface area (TPSA) is 58.8 Å². The highest BCUT2D eigenvalue weighted by Crippen LogP contribution is 2.21. The summed E-state index contributed by atoms with van der Waals surface area (Å²) in [4.78, 5) is 4.61. The molecule has 108 valence electrons. The van der Waals surface area contributed by atoms with Gasteiger partial charge in [-0.15, -0.1) is 15.3 Å². The number of hydrogen-bond donors (Lipinski definition) is 0. The van der Waals surface area contributed by atoms with E-state index in [1.807, 2.05) is 19.1 Å². The lowest BCUT2D eigenvalue weighted by Crippen LogP contribution is -2.59. The van der Waals surface area contributed by atoms with Crippen LogP contribution in [0, 0.1) is 6.92 Å². The van der Waals surface area contributed by atoms with Crippen LogP contribution in [-0.2, 0) is 4.74 Å². The fourth-order valence-corrected chi connectivity index (χ4v) is 2.39. The first-order chi connectivity index (χ1) is 9.69. The van der Waals surface area contributed by atoms with Crippen LogP contribution in [0.3, 0.4) is 0 Å². The number of ether oxygens (including phenoxy) is 1. The number of methoxy groups -OCH3 is 1. The van der Waals surface area contributed by atoms with Gasteiger partial charge in [-0.3, -0.25) is 4.90 Å². The lowest BCUT2D eigenvalue weighted by Gasteiger charge is -2.44. The van der Waals surface area contributed by atoms with E-state index in [1.54, 1.807) is 11.6 Å². The van der Waals surface area contributed by atoms with Gasteiger partial charge in [0.2, 0.25) is 0 Å². The predicted molar refractivity (Wildman–Crippen MR) is 76.0 cm³/mol. The van der Waals surface area contributed by atoms with Crippen molar-refractivity contribution in [2.24, 2.45) is 0 Å². The second-order valence-electron chi connectivity index (χ2n) is 5.24. The van der Waals surface area contributed by atoms with E-state index in [9.17, 15) is 0 Å². The molecule has 0 unspecified atom stereocenters. The highest BCUT2D eigenvalue weighted by Gasteiger charge is 2.30. The lowest BCUT2D eigenvalue weighted by atomic mass is 10.1. The van der Waals surface area contributed by atoms with Crippen molar-refractivity contribution in [3.63, 3.8) is 0 Å². The molecule has 20 heavy (non-hydrogen) atoms. The largest absolute Gasteiger partial charge is 0.383 e. The smallest absolute Gasteiger partial charge is 0.178 e. The Morgan fingerprint density at radius 2 is 2.15 bits per heavy atom. The minimum atomic E-state index is 0.574. The number of aromatic nitrogens is 4. The molecule has 1 aliphatic rings. The third kappa shape index (κ3) is 2.34. The van der Waals surface area contributed by atoms with E-state index < -0.39 is 0 Å². The molecule has 0 aromatic carbocycles. The lowest BCUT2D eigenvalue weighted by molar-refractivity contribution is 0.127. The first-order valence-corrected chi connectivity index (χ1v) is 6.82. The average Bonchev–Trinajstić information content (AvgIpc) is 2.76. The molecule has 0 saturated carbocycles. The van der Waals surface area contributed by atoms with Gasteiger partial charge in [0.1, 0.15) is 5.82 Å². The molecular weight excluding hydrogens is 256 g/mol. The first kappa shape index (κ1) is 13.3. The number of fused-ring (bicyclic) bond motifs is 1. The number of likely N-dealkylation sites (N-methyl/N-ethyl adjacent to an activating group) is 1. The Balaban J connectivity index is 1.64. The number of nitrogens with zero attached hydrogens (tertiary/aromatic N) is 6. The van der Waals surface area contributed by atoms with Gasteiger partial charge in [0.25, 0.3) is 0 Å². The van der Waals surface area contributed by atoms with Gasteiger partial charge in [0, 0.05) is 32.8 Å². The summed E-state index contributed by atoms with van der Waals surface area (Å²) in [6.07, 6.45) is 0. The number of anilines is 1. The van der Waals surface area contributed by atoms with Gasteiger partial charge < -0.3 is 9.64 Å². The van der Waals surface area contributed by atoms with E-state index in [2.05, 4.69) is 32.1 Å². The number of rotatable bonds is 5. The predicted octanol–water partition coefficient (Wildman–Crippen LogP) is 0.200. The van der Waals surface area contributed by atoms with Gasteiger partial charge in [-0.1, -0.05) is 0 Å². The van der Waals surface area contributed by atoms with Crippen molar-refractivity contribution in [2.75, 3.05) is 45.3 Å². The van der Waals surface area contributed by atoms with Crippen molar-refractivity contribution < 1.29 is 4.74 Å². The molecule has 1 fully saturated rings. The van der Waals surface area contributed by atoms with Gasteiger partial charge >= 0.3 is 0 Å². The van der Waals surface area contributed by atoms with Crippen LogP contribution in [0.25, 0.3) is 5.65 Å². The highest BCUT2D eigenvalue weighted by atomic mass is 16.5.